The minimum absolute atomic E-state index is 0.916. The maximum absolute atomic E-state index is 4.98. The van der Waals surface area contributed by atoms with Crippen LogP contribution in [-0.2, 0) is 0 Å². The van der Waals surface area contributed by atoms with Gasteiger partial charge in [-0.2, -0.15) is 0 Å². The first-order valence-corrected chi connectivity index (χ1v) is 10.2. The van der Waals surface area contributed by atoms with Crippen molar-refractivity contribution in [1.82, 2.24) is 9.88 Å². The summed E-state index contributed by atoms with van der Waals surface area (Å²) in [5, 5.41) is 0. The molecule has 0 aliphatic carbocycles. The first kappa shape index (κ1) is 22.6. The largest absolute Gasteiger partial charge is 0.306 e. The molecule has 29 heavy (non-hydrogen) atoms. The maximum Gasteiger partial charge on any atom is 0.0715 e. The Bertz CT molecular complexity index is 935. The third kappa shape index (κ3) is 6.99. The topological polar surface area (TPSA) is 16.1 Å². The van der Waals surface area contributed by atoms with E-state index in [9.17, 15) is 0 Å². The van der Waals surface area contributed by atoms with Crippen LogP contribution in [0.2, 0.25) is 0 Å². The molecular formula is C27H34N2. The van der Waals surface area contributed by atoms with Gasteiger partial charge < -0.3 is 4.90 Å². The smallest absolute Gasteiger partial charge is 0.0715 e. The van der Waals surface area contributed by atoms with Gasteiger partial charge in [-0.15, -0.1) is 0 Å². The second-order valence-electron chi connectivity index (χ2n) is 7.99. The normalized spacial score (nSPS) is 12.7. The zero-order chi connectivity index (χ0) is 21.4. The van der Waals surface area contributed by atoms with E-state index in [4.69, 9.17) is 4.98 Å². The average molecular weight is 387 g/mol. The van der Waals surface area contributed by atoms with Gasteiger partial charge in [0.25, 0.3) is 0 Å². The molecule has 1 aromatic carbocycles. The molecule has 0 saturated heterocycles. The summed E-state index contributed by atoms with van der Waals surface area (Å²) in [6.07, 6.45) is 10.9. The van der Waals surface area contributed by atoms with Gasteiger partial charge in [-0.05, 0) is 77.6 Å². The molecule has 0 atom stereocenters. The lowest BCUT2D eigenvalue weighted by molar-refractivity contribution is 0.456. The number of pyridine rings is 1. The Morgan fingerprint density at radius 3 is 2.28 bits per heavy atom. The minimum atomic E-state index is 0.916. The molecular weight excluding hydrogens is 352 g/mol. The summed E-state index contributed by atoms with van der Waals surface area (Å²) in [5.74, 6) is 0. The molecule has 0 unspecified atom stereocenters. The molecule has 0 bridgehead atoms. The van der Waals surface area contributed by atoms with Gasteiger partial charge in [-0.25, -0.2) is 4.98 Å². The molecule has 0 aliphatic rings. The molecule has 2 aromatic rings. The highest BCUT2D eigenvalue weighted by atomic mass is 15.0. The average Bonchev–Trinajstić information content (AvgIpc) is 2.69. The fourth-order valence-electron chi connectivity index (χ4n) is 2.90. The number of hydrogen-bond acceptors (Lipinski definition) is 2. The minimum Gasteiger partial charge on any atom is -0.306 e. The van der Waals surface area contributed by atoms with Gasteiger partial charge in [0.05, 0.1) is 11.4 Å². The van der Waals surface area contributed by atoms with E-state index in [1.165, 1.54) is 22.3 Å². The first-order valence-electron chi connectivity index (χ1n) is 10.2. The summed E-state index contributed by atoms with van der Waals surface area (Å²) in [7, 11) is 4.16. The molecule has 2 rings (SSSR count). The van der Waals surface area contributed by atoms with Crippen LogP contribution in [0.1, 0.15) is 44.5 Å². The van der Waals surface area contributed by atoms with Crippen LogP contribution in [0.15, 0.2) is 72.4 Å². The van der Waals surface area contributed by atoms with E-state index in [0.717, 1.165) is 29.1 Å². The van der Waals surface area contributed by atoms with Gasteiger partial charge in [0.2, 0.25) is 0 Å². The number of likely N-dealkylation sites (N-methyl/N-ethyl adjacent to an activating group) is 1. The van der Waals surface area contributed by atoms with E-state index in [-0.39, 0.29) is 0 Å². The fourth-order valence-corrected chi connectivity index (χ4v) is 2.90. The van der Waals surface area contributed by atoms with E-state index in [1.54, 1.807) is 0 Å². The summed E-state index contributed by atoms with van der Waals surface area (Å²) >= 11 is 0. The summed E-state index contributed by atoms with van der Waals surface area (Å²) in [6.45, 7) is 11.5. The highest BCUT2D eigenvalue weighted by molar-refractivity contribution is 5.79. The molecule has 2 heteroatoms. The second-order valence-corrected chi connectivity index (χ2v) is 7.99. The van der Waals surface area contributed by atoms with Gasteiger partial charge in [-0.1, -0.05) is 65.8 Å². The van der Waals surface area contributed by atoms with Crippen LogP contribution >= 0.6 is 0 Å². The van der Waals surface area contributed by atoms with Gasteiger partial charge >= 0.3 is 0 Å². The van der Waals surface area contributed by atoms with Crippen LogP contribution in [0.25, 0.3) is 22.4 Å². The molecule has 1 aromatic heterocycles. The Kier molecular flexibility index (Phi) is 8.35. The third-order valence-corrected chi connectivity index (χ3v) is 4.66. The van der Waals surface area contributed by atoms with E-state index in [2.05, 4.69) is 120 Å². The van der Waals surface area contributed by atoms with Crippen molar-refractivity contribution in [1.29, 1.82) is 0 Å². The van der Waals surface area contributed by atoms with Crippen molar-refractivity contribution >= 4 is 11.1 Å². The molecule has 0 radical (unpaired) electrons. The molecule has 0 aliphatic heterocycles. The summed E-state index contributed by atoms with van der Waals surface area (Å²) in [6, 6.07) is 13.0. The molecule has 0 fully saturated rings. The van der Waals surface area contributed by atoms with E-state index in [0.29, 0.717) is 0 Å². The van der Waals surface area contributed by atoms with Gasteiger partial charge in [0, 0.05) is 12.1 Å². The Morgan fingerprint density at radius 1 is 1.00 bits per heavy atom. The fraction of sp³-hybridized carbons (Fsp3) is 0.296. The number of hydrogen-bond donors (Lipinski definition) is 0. The number of aryl methyl sites for hydroxylation is 1. The van der Waals surface area contributed by atoms with Crippen molar-refractivity contribution < 1.29 is 0 Å². The summed E-state index contributed by atoms with van der Waals surface area (Å²) in [5.41, 5.74) is 9.24. The van der Waals surface area contributed by atoms with Crippen LogP contribution in [0.4, 0.5) is 0 Å². The lowest BCUT2D eigenvalue weighted by Crippen LogP contribution is -2.10. The lowest BCUT2D eigenvalue weighted by Gasteiger charge is -2.11. The van der Waals surface area contributed by atoms with Crippen LogP contribution in [0, 0.1) is 6.92 Å². The summed E-state index contributed by atoms with van der Waals surface area (Å²) < 4.78 is 0. The number of nitrogens with zero attached hydrogens (tertiary/aromatic N) is 2. The predicted octanol–water partition coefficient (Wildman–Crippen LogP) is 6.95. The van der Waals surface area contributed by atoms with Crippen molar-refractivity contribution in [2.24, 2.45) is 0 Å². The third-order valence-electron chi connectivity index (χ3n) is 4.66. The first-order chi connectivity index (χ1) is 13.8. The Hall–Kier alpha value is -2.71. The molecule has 1 heterocycles. The molecule has 2 nitrogen and oxygen atoms in total. The van der Waals surface area contributed by atoms with E-state index in [1.807, 2.05) is 0 Å². The van der Waals surface area contributed by atoms with Crippen molar-refractivity contribution in [2.45, 2.75) is 34.6 Å². The Balaban J connectivity index is 2.57. The van der Waals surface area contributed by atoms with Gasteiger partial charge in [0.15, 0.2) is 0 Å². The highest BCUT2D eigenvalue weighted by Gasteiger charge is 2.08. The molecule has 0 spiro atoms. The van der Waals surface area contributed by atoms with Crippen molar-refractivity contribution in [3.8, 4) is 11.3 Å². The van der Waals surface area contributed by atoms with Crippen LogP contribution in [0.3, 0.4) is 0 Å². The highest BCUT2D eigenvalue weighted by Crippen LogP contribution is 2.27. The zero-order valence-corrected chi connectivity index (χ0v) is 19.0. The Morgan fingerprint density at radius 2 is 1.69 bits per heavy atom. The van der Waals surface area contributed by atoms with Crippen molar-refractivity contribution in [3.05, 3.63) is 89.2 Å². The van der Waals surface area contributed by atoms with Crippen molar-refractivity contribution in [3.63, 3.8) is 0 Å². The van der Waals surface area contributed by atoms with Crippen LogP contribution in [-0.4, -0.2) is 30.5 Å². The molecule has 152 valence electrons. The van der Waals surface area contributed by atoms with E-state index < -0.39 is 0 Å². The van der Waals surface area contributed by atoms with Crippen molar-refractivity contribution in [2.75, 3.05) is 20.6 Å². The van der Waals surface area contributed by atoms with Crippen LogP contribution < -0.4 is 0 Å². The van der Waals surface area contributed by atoms with E-state index >= 15 is 0 Å². The number of benzene rings is 1. The molecule has 0 saturated carbocycles. The second kappa shape index (κ2) is 10.7. The van der Waals surface area contributed by atoms with Crippen LogP contribution in [0.5, 0.6) is 0 Å². The molecule has 0 amide bonds. The standard InChI is InChI=1S/C27H34N2/c1-8-23(10-9-17-29(6)7)25-18-26(22(5)14-11-20(2)3)28-27(19-25)24-15-12-21(4)13-16-24/h8-16,18-19H,17H2,1-7H3/b10-9-,22-14+,23-8+. The van der Waals surface area contributed by atoms with Gasteiger partial charge in [0.1, 0.15) is 0 Å². The quantitative estimate of drug-likeness (QED) is 0.479. The monoisotopic (exact) mass is 386 g/mol. The SMILES string of the molecule is C/C=C(\C=C/CN(C)C)c1cc(/C(C)=C/C=C(C)C)nc(-c2ccc(C)cc2)c1. The van der Waals surface area contributed by atoms with Gasteiger partial charge in [-0.3, -0.25) is 0 Å². The molecule has 0 N–H and O–H groups in total. The summed E-state index contributed by atoms with van der Waals surface area (Å²) in [4.78, 5) is 7.14. The number of aromatic nitrogens is 1. The number of allylic oxidation sites excluding steroid dienone is 7. The Labute approximate surface area is 177 Å². The zero-order valence-electron chi connectivity index (χ0n) is 19.0. The lowest BCUT2D eigenvalue weighted by atomic mass is 9.99. The maximum atomic E-state index is 4.98. The predicted molar refractivity (Wildman–Crippen MR) is 129 cm³/mol. The number of rotatable bonds is 7.